The Kier molecular flexibility index (Phi) is 6.10. The fraction of sp³-hybridized carbons (Fsp3) is 0.250. The molecular weight excluding hydrogens is 350 g/mol. The summed E-state index contributed by atoms with van der Waals surface area (Å²) in [6.07, 6.45) is 2.37. The molecule has 0 aromatic heterocycles. The zero-order chi connectivity index (χ0) is 17.7. The summed E-state index contributed by atoms with van der Waals surface area (Å²) in [6.45, 7) is 0.356. The van der Waals surface area contributed by atoms with E-state index in [1.165, 1.54) is 35.9 Å². The van der Waals surface area contributed by atoms with Gasteiger partial charge in [-0.2, -0.15) is 0 Å². The highest BCUT2D eigenvalue weighted by atomic mass is 32.2. The monoisotopic (exact) mass is 365 g/mol. The van der Waals surface area contributed by atoms with Gasteiger partial charge in [-0.3, -0.25) is 14.5 Å². The van der Waals surface area contributed by atoms with E-state index in [2.05, 4.69) is 4.74 Å². The van der Waals surface area contributed by atoms with Gasteiger partial charge < -0.3 is 9.84 Å². The number of aromatic carboxylic acids is 1. The lowest BCUT2D eigenvalue weighted by Gasteiger charge is -2.13. The van der Waals surface area contributed by atoms with Crippen molar-refractivity contribution in [2.45, 2.75) is 12.8 Å². The average Bonchev–Trinajstić information content (AvgIpc) is 2.82. The molecule has 1 aliphatic heterocycles. The first-order valence-corrected chi connectivity index (χ1v) is 8.30. The van der Waals surface area contributed by atoms with E-state index in [1.54, 1.807) is 18.2 Å². The average molecular weight is 365 g/mol. The number of esters is 1. The van der Waals surface area contributed by atoms with Crippen LogP contribution in [-0.2, 0) is 14.3 Å². The normalized spacial score (nSPS) is 15.9. The molecule has 0 bridgehead atoms. The lowest BCUT2D eigenvalue weighted by molar-refractivity contribution is -0.141. The number of hydrogen-bond acceptors (Lipinski definition) is 6. The first-order valence-electron chi connectivity index (χ1n) is 7.08. The number of carboxylic acid groups (broad SMARTS) is 1. The molecule has 0 unspecified atom stereocenters. The van der Waals surface area contributed by atoms with E-state index < -0.39 is 5.97 Å². The Labute approximate surface area is 148 Å². The fourth-order valence-electron chi connectivity index (χ4n) is 2.05. The number of methoxy groups -OCH3 is 1. The number of thiocarbonyl (C=S) groups is 1. The summed E-state index contributed by atoms with van der Waals surface area (Å²) in [5, 5.41) is 8.88. The number of rotatable bonds is 6. The van der Waals surface area contributed by atoms with Crippen LogP contribution < -0.4 is 0 Å². The molecule has 1 N–H and O–H groups in total. The minimum atomic E-state index is -1.00. The van der Waals surface area contributed by atoms with Crippen molar-refractivity contribution < 1.29 is 24.2 Å². The number of carbonyl (C=O) groups excluding carboxylic acids is 2. The third kappa shape index (κ3) is 4.42. The number of benzene rings is 1. The molecule has 0 spiro atoms. The second-order valence-corrected chi connectivity index (χ2v) is 6.62. The summed E-state index contributed by atoms with van der Waals surface area (Å²) in [4.78, 5) is 36.3. The summed E-state index contributed by atoms with van der Waals surface area (Å²) in [6, 6.07) is 6.22. The predicted molar refractivity (Wildman–Crippen MR) is 94.5 cm³/mol. The highest BCUT2D eigenvalue weighted by molar-refractivity contribution is 8.26. The van der Waals surface area contributed by atoms with Crippen LogP contribution in [0.1, 0.15) is 28.8 Å². The van der Waals surface area contributed by atoms with Gasteiger partial charge in [0.2, 0.25) is 0 Å². The molecule has 6 nitrogen and oxygen atoms in total. The van der Waals surface area contributed by atoms with Crippen molar-refractivity contribution in [1.82, 2.24) is 4.90 Å². The number of ether oxygens (including phenoxy) is 1. The van der Waals surface area contributed by atoms with Crippen LogP contribution in [0.5, 0.6) is 0 Å². The Hall–Kier alpha value is -2.19. The van der Waals surface area contributed by atoms with Crippen molar-refractivity contribution >= 4 is 52.2 Å². The van der Waals surface area contributed by atoms with Gasteiger partial charge in [-0.25, -0.2) is 4.79 Å². The molecule has 1 fully saturated rings. The molecule has 126 valence electrons. The molecule has 2 rings (SSSR count). The fourth-order valence-corrected chi connectivity index (χ4v) is 3.36. The number of carboxylic acids is 1. The maximum atomic E-state index is 12.4. The standard InChI is InChI=1S/C16H15NO5S2/c1-22-13(18)3-2-8-17-14(19)12(24-16(17)23)9-10-4-6-11(7-5-10)15(20)21/h4-7,9H,2-3,8H2,1H3,(H,20,21)/b12-9-. The van der Waals surface area contributed by atoms with Crippen molar-refractivity contribution in [3.8, 4) is 0 Å². The van der Waals surface area contributed by atoms with Crippen LogP contribution in [0.25, 0.3) is 6.08 Å². The SMILES string of the molecule is COC(=O)CCCN1C(=O)/C(=C/c2ccc(C(=O)O)cc2)SC1=S. The zero-order valence-electron chi connectivity index (χ0n) is 12.9. The van der Waals surface area contributed by atoms with Crippen molar-refractivity contribution in [2.24, 2.45) is 0 Å². The molecule has 1 amide bonds. The van der Waals surface area contributed by atoms with Gasteiger partial charge in [0.25, 0.3) is 5.91 Å². The van der Waals surface area contributed by atoms with Crippen LogP contribution in [-0.4, -0.2) is 45.8 Å². The van der Waals surface area contributed by atoms with Crippen molar-refractivity contribution in [2.75, 3.05) is 13.7 Å². The number of carbonyl (C=O) groups is 3. The number of hydrogen-bond donors (Lipinski definition) is 1. The van der Waals surface area contributed by atoms with Gasteiger partial charge in [-0.1, -0.05) is 36.1 Å². The van der Waals surface area contributed by atoms with Crippen molar-refractivity contribution in [3.05, 3.63) is 40.3 Å². The van der Waals surface area contributed by atoms with E-state index in [9.17, 15) is 14.4 Å². The topological polar surface area (TPSA) is 83.9 Å². The maximum Gasteiger partial charge on any atom is 0.335 e. The highest BCUT2D eigenvalue weighted by Crippen LogP contribution is 2.32. The highest BCUT2D eigenvalue weighted by Gasteiger charge is 2.31. The minimum Gasteiger partial charge on any atom is -0.478 e. The van der Waals surface area contributed by atoms with Crippen LogP contribution >= 0.6 is 24.0 Å². The van der Waals surface area contributed by atoms with E-state index in [4.69, 9.17) is 17.3 Å². The summed E-state index contributed by atoms with van der Waals surface area (Å²) in [5.74, 6) is -1.54. The van der Waals surface area contributed by atoms with Crippen LogP contribution in [0, 0.1) is 0 Å². The first kappa shape index (κ1) is 18.2. The molecule has 1 aliphatic rings. The Bertz CT molecular complexity index is 712. The zero-order valence-corrected chi connectivity index (χ0v) is 14.5. The molecule has 1 aromatic rings. The number of nitrogens with zero attached hydrogens (tertiary/aromatic N) is 1. The summed E-state index contributed by atoms with van der Waals surface area (Å²) in [7, 11) is 1.32. The van der Waals surface area contributed by atoms with E-state index in [-0.39, 0.29) is 23.9 Å². The molecule has 8 heteroatoms. The lowest BCUT2D eigenvalue weighted by atomic mass is 10.1. The molecule has 1 aromatic carbocycles. The smallest absolute Gasteiger partial charge is 0.335 e. The van der Waals surface area contributed by atoms with E-state index in [1.807, 2.05) is 0 Å². The largest absolute Gasteiger partial charge is 0.478 e. The Morgan fingerprint density at radius 2 is 2.00 bits per heavy atom. The quantitative estimate of drug-likeness (QED) is 0.471. The Balaban J connectivity index is 2.04. The molecule has 24 heavy (non-hydrogen) atoms. The molecule has 0 aliphatic carbocycles. The van der Waals surface area contributed by atoms with Gasteiger partial charge in [-0.15, -0.1) is 0 Å². The third-order valence-electron chi connectivity index (χ3n) is 3.32. The van der Waals surface area contributed by atoms with Crippen LogP contribution in [0.2, 0.25) is 0 Å². The van der Waals surface area contributed by atoms with Crippen molar-refractivity contribution in [1.29, 1.82) is 0 Å². The predicted octanol–water partition coefficient (Wildman–Crippen LogP) is 2.54. The maximum absolute atomic E-state index is 12.4. The van der Waals surface area contributed by atoms with Crippen LogP contribution in [0.15, 0.2) is 29.2 Å². The molecular formula is C16H15NO5S2. The summed E-state index contributed by atoms with van der Waals surface area (Å²) in [5.41, 5.74) is 0.901. The Morgan fingerprint density at radius 3 is 2.58 bits per heavy atom. The molecule has 1 saturated heterocycles. The van der Waals surface area contributed by atoms with Gasteiger partial charge in [0.1, 0.15) is 4.32 Å². The van der Waals surface area contributed by atoms with Crippen LogP contribution in [0.3, 0.4) is 0 Å². The number of thioether (sulfide) groups is 1. The summed E-state index contributed by atoms with van der Waals surface area (Å²) < 4.78 is 5.00. The Morgan fingerprint density at radius 1 is 1.33 bits per heavy atom. The van der Waals surface area contributed by atoms with Gasteiger partial charge in [0.05, 0.1) is 17.6 Å². The van der Waals surface area contributed by atoms with Gasteiger partial charge >= 0.3 is 11.9 Å². The van der Waals surface area contributed by atoms with Gasteiger partial charge in [0, 0.05) is 13.0 Å². The van der Waals surface area contributed by atoms with Gasteiger partial charge in [-0.05, 0) is 30.2 Å². The van der Waals surface area contributed by atoms with Gasteiger partial charge in [0.15, 0.2) is 0 Å². The van der Waals surface area contributed by atoms with Crippen molar-refractivity contribution in [3.63, 3.8) is 0 Å². The molecule has 0 atom stereocenters. The second kappa shape index (κ2) is 8.07. The lowest BCUT2D eigenvalue weighted by Crippen LogP contribution is -2.29. The number of amides is 1. The van der Waals surface area contributed by atoms with E-state index in [0.29, 0.717) is 22.2 Å². The third-order valence-corrected chi connectivity index (χ3v) is 4.70. The minimum absolute atomic E-state index is 0.183. The van der Waals surface area contributed by atoms with E-state index >= 15 is 0 Å². The molecule has 1 heterocycles. The van der Waals surface area contributed by atoms with Crippen LogP contribution in [0.4, 0.5) is 0 Å². The molecule has 0 saturated carbocycles. The van der Waals surface area contributed by atoms with E-state index in [0.717, 1.165) is 5.56 Å². The first-order chi connectivity index (χ1) is 11.4. The molecule has 0 radical (unpaired) electrons. The second-order valence-electron chi connectivity index (χ2n) is 4.94. The summed E-state index contributed by atoms with van der Waals surface area (Å²) >= 11 is 6.39.